The predicted octanol–water partition coefficient (Wildman–Crippen LogP) is 3.50. The van der Waals surface area contributed by atoms with Crippen LogP contribution in [0.4, 0.5) is 11.4 Å². The van der Waals surface area contributed by atoms with Crippen LogP contribution in [0.2, 0.25) is 0 Å². The summed E-state index contributed by atoms with van der Waals surface area (Å²) in [5.74, 6) is 1.02. The van der Waals surface area contributed by atoms with Crippen molar-refractivity contribution >= 4 is 27.3 Å². The molecular formula is C23H22N2O7S. The van der Waals surface area contributed by atoms with Crippen molar-refractivity contribution in [3.63, 3.8) is 0 Å². The first-order valence-electron chi connectivity index (χ1n) is 10.0. The number of hydrogen-bond donors (Lipinski definition) is 3. The molecule has 0 atom stereocenters. The van der Waals surface area contributed by atoms with E-state index in [1.807, 2.05) is 12.1 Å². The summed E-state index contributed by atoms with van der Waals surface area (Å²) in [7, 11) is -2.56. The van der Waals surface area contributed by atoms with Crippen LogP contribution in [-0.2, 0) is 21.2 Å². The van der Waals surface area contributed by atoms with Gasteiger partial charge in [-0.3, -0.25) is 9.52 Å². The number of aryl methyl sites for hydroxylation is 1. The maximum atomic E-state index is 12.8. The van der Waals surface area contributed by atoms with Gasteiger partial charge in [-0.25, -0.2) is 8.42 Å². The first-order chi connectivity index (χ1) is 15.9. The average Bonchev–Trinajstić information content (AvgIpc) is 3.27. The zero-order chi connectivity index (χ0) is 23.4. The summed E-state index contributed by atoms with van der Waals surface area (Å²) < 4.78 is 43.9. The number of para-hydroxylation sites is 2. The molecule has 0 unspecified atom stereocenters. The largest absolute Gasteiger partial charge is 0.506 e. The lowest BCUT2D eigenvalue weighted by atomic mass is 10.1. The Hall–Kier alpha value is -3.92. The van der Waals surface area contributed by atoms with Gasteiger partial charge in [0, 0.05) is 6.42 Å². The summed E-state index contributed by atoms with van der Waals surface area (Å²) in [5, 5.41) is 12.7. The van der Waals surface area contributed by atoms with Gasteiger partial charge in [-0.2, -0.15) is 0 Å². The molecule has 0 radical (unpaired) electrons. The zero-order valence-corrected chi connectivity index (χ0v) is 18.5. The van der Waals surface area contributed by atoms with Gasteiger partial charge in [-0.05, 0) is 54.4 Å². The lowest BCUT2D eigenvalue weighted by Crippen LogP contribution is -2.16. The molecule has 3 N–H and O–H groups in total. The Balaban J connectivity index is 1.44. The fourth-order valence-electron chi connectivity index (χ4n) is 3.28. The Morgan fingerprint density at radius 3 is 2.64 bits per heavy atom. The molecule has 0 bridgehead atoms. The highest BCUT2D eigenvalue weighted by atomic mass is 32.2. The summed E-state index contributed by atoms with van der Waals surface area (Å²) in [5.41, 5.74) is 1.15. The van der Waals surface area contributed by atoms with Crippen molar-refractivity contribution in [3.8, 4) is 23.0 Å². The maximum absolute atomic E-state index is 12.8. The number of sulfonamides is 1. The molecular weight excluding hydrogens is 448 g/mol. The van der Waals surface area contributed by atoms with E-state index < -0.39 is 10.0 Å². The van der Waals surface area contributed by atoms with Crippen LogP contribution < -0.4 is 24.2 Å². The van der Waals surface area contributed by atoms with Crippen LogP contribution in [0.5, 0.6) is 23.0 Å². The van der Waals surface area contributed by atoms with E-state index in [2.05, 4.69) is 10.0 Å². The van der Waals surface area contributed by atoms with Crippen molar-refractivity contribution in [2.75, 3.05) is 23.9 Å². The van der Waals surface area contributed by atoms with Crippen LogP contribution in [0.1, 0.15) is 12.0 Å². The molecule has 1 amide bonds. The standard InChI is InChI=1S/C23H22N2O7S/c1-30-20-5-3-2-4-17(20)25-33(28,29)16-8-9-19(26)18(13-16)24-23(27)11-7-15-6-10-21-22(12-15)32-14-31-21/h2-6,8-10,12-13,25-26H,7,11,14H2,1H3,(H,24,27). The molecule has 3 aromatic rings. The second-order valence-electron chi connectivity index (χ2n) is 7.22. The molecule has 172 valence electrons. The highest BCUT2D eigenvalue weighted by Crippen LogP contribution is 2.33. The fourth-order valence-corrected chi connectivity index (χ4v) is 4.38. The van der Waals surface area contributed by atoms with Crippen LogP contribution in [-0.4, -0.2) is 33.3 Å². The Bertz CT molecular complexity index is 1290. The topological polar surface area (TPSA) is 123 Å². The monoisotopic (exact) mass is 470 g/mol. The summed E-state index contributed by atoms with van der Waals surface area (Å²) in [6.45, 7) is 0.170. The third kappa shape index (κ3) is 5.12. The number of nitrogens with one attached hydrogen (secondary N) is 2. The normalized spacial score (nSPS) is 12.3. The van der Waals surface area contributed by atoms with Gasteiger partial charge >= 0.3 is 0 Å². The van der Waals surface area contributed by atoms with E-state index in [4.69, 9.17) is 14.2 Å². The van der Waals surface area contributed by atoms with Gasteiger partial charge < -0.3 is 24.6 Å². The molecule has 33 heavy (non-hydrogen) atoms. The smallest absolute Gasteiger partial charge is 0.262 e. The minimum absolute atomic E-state index is 0.00594. The van der Waals surface area contributed by atoms with E-state index in [0.29, 0.717) is 23.7 Å². The Kier molecular flexibility index (Phi) is 6.27. The Morgan fingerprint density at radius 2 is 1.82 bits per heavy atom. The Labute approximate surface area is 191 Å². The molecule has 0 spiro atoms. The van der Waals surface area contributed by atoms with Crippen LogP contribution in [0.3, 0.4) is 0 Å². The molecule has 1 aliphatic rings. The van der Waals surface area contributed by atoms with Crippen molar-refractivity contribution in [2.45, 2.75) is 17.7 Å². The number of ether oxygens (including phenoxy) is 3. The Morgan fingerprint density at radius 1 is 1.03 bits per heavy atom. The quantitative estimate of drug-likeness (QED) is 0.431. The first-order valence-corrected chi connectivity index (χ1v) is 11.5. The van der Waals surface area contributed by atoms with Gasteiger partial charge in [-0.15, -0.1) is 0 Å². The summed E-state index contributed by atoms with van der Waals surface area (Å²) >= 11 is 0. The second-order valence-corrected chi connectivity index (χ2v) is 8.90. The van der Waals surface area contributed by atoms with E-state index in [1.165, 1.54) is 25.3 Å². The van der Waals surface area contributed by atoms with Gasteiger partial charge in [0.05, 0.1) is 23.4 Å². The first kappa shape index (κ1) is 22.3. The van der Waals surface area contributed by atoms with E-state index in [-0.39, 0.29) is 41.1 Å². The molecule has 9 nitrogen and oxygen atoms in total. The van der Waals surface area contributed by atoms with Gasteiger partial charge in [0.2, 0.25) is 12.7 Å². The van der Waals surface area contributed by atoms with E-state index in [0.717, 1.165) is 5.56 Å². The minimum Gasteiger partial charge on any atom is -0.506 e. The number of carbonyl (C=O) groups is 1. The van der Waals surface area contributed by atoms with Crippen LogP contribution in [0, 0.1) is 0 Å². The SMILES string of the molecule is COc1ccccc1NS(=O)(=O)c1ccc(O)c(NC(=O)CCc2ccc3c(c2)OCO3)c1. The molecule has 10 heteroatoms. The number of amides is 1. The van der Waals surface area contributed by atoms with Crippen LogP contribution in [0.15, 0.2) is 65.6 Å². The van der Waals surface area contributed by atoms with Gasteiger partial charge in [0.1, 0.15) is 11.5 Å². The number of rotatable bonds is 8. The van der Waals surface area contributed by atoms with E-state index in [1.54, 1.807) is 30.3 Å². The average molecular weight is 471 g/mol. The van der Waals surface area contributed by atoms with Crippen molar-refractivity contribution in [2.24, 2.45) is 0 Å². The molecule has 0 saturated heterocycles. The maximum Gasteiger partial charge on any atom is 0.262 e. The van der Waals surface area contributed by atoms with Gasteiger partial charge in [0.15, 0.2) is 11.5 Å². The lowest BCUT2D eigenvalue weighted by Gasteiger charge is -2.13. The van der Waals surface area contributed by atoms with Crippen molar-refractivity contribution < 1.29 is 32.5 Å². The number of carbonyl (C=O) groups excluding carboxylic acids is 1. The molecule has 4 rings (SSSR count). The predicted molar refractivity (Wildman–Crippen MR) is 121 cm³/mol. The summed E-state index contributed by atoms with van der Waals surface area (Å²) in [4.78, 5) is 12.3. The molecule has 1 heterocycles. The molecule has 0 saturated carbocycles. The van der Waals surface area contributed by atoms with Gasteiger partial charge in [0.25, 0.3) is 10.0 Å². The fraction of sp³-hybridized carbons (Fsp3) is 0.174. The van der Waals surface area contributed by atoms with Crippen LogP contribution >= 0.6 is 0 Å². The van der Waals surface area contributed by atoms with Gasteiger partial charge in [-0.1, -0.05) is 18.2 Å². The van der Waals surface area contributed by atoms with E-state index >= 15 is 0 Å². The molecule has 0 aliphatic carbocycles. The number of phenols is 1. The number of phenolic OH excluding ortho intramolecular Hbond substituents is 1. The number of aromatic hydroxyl groups is 1. The number of hydrogen-bond acceptors (Lipinski definition) is 7. The lowest BCUT2D eigenvalue weighted by molar-refractivity contribution is -0.116. The third-order valence-electron chi connectivity index (χ3n) is 4.98. The number of fused-ring (bicyclic) bond motifs is 1. The van der Waals surface area contributed by atoms with Crippen molar-refractivity contribution in [1.82, 2.24) is 0 Å². The summed E-state index contributed by atoms with van der Waals surface area (Å²) in [6.07, 6.45) is 0.548. The highest BCUT2D eigenvalue weighted by Gasteiger charge is 2.19. The summed E-state index contributed by atoms with van der Waals surface area (Å²) in [6, 6.07) is 15.7. The third-order valence-corrected chi connectivity index (χ3v) is 6.34. The minimum atomic E-state index is -4.00. The molecule has 3 aromatic carbocycles. The van der Waals surface area contributed by atoms with E-state index in [9.17, 15) is 18.3 Å². The molecule has 0 fully saturated rings. The molecule has 0 aromatic heterocycles. The molecule has 1 aliphatic heterocycles. The van der Waals surface area contributed by atoms with Crippen molar-refractivity contribution in [1.29, 1.82) is 0 Å². The number of anilines is 2. The number of methoxy groups -OCH3 is 1. The van der Waals surface area contributed by atoms with Crippen molar-refractivity contribution in [3.05, 3.63) is 66.2 Å². The number of benzene rings is 3. The zero-order valence-electron chi connectivity index (χ0n) is 17.7. The van der Waals surface area contributed by atoms with Crippen LogP contribution in [0.25, 0.3) is 0 Å². The highest BCUT2D eigenvalue weighted by molar-refractivity contribution is 7.92. The second kappa shape index (κ2) is 9.29.